The molecule has 0 bridgehead atoms. The SMILES string of the molecule is COC(=O)[C@@H]1N2C(=O)C(NSOc3ccccc3)[C@H]2SC1(C)C. The van der Waals surface area contributed by atoms with E-state index in [2.05, 4.69) is 4.72 Å². The minimum absolute atomic E-state index is 0.0894. The molecule has 124 valence electrons. The van der Waals surface area contributed by atoms with Crippen molar-refractivity contribution in [3.63, 3.8) is 0 Å². The Bertz CT molecular complexity index is 611. The van der Waals surface area contributed by atoms with E-state index < -0.39 is 6.04 Å². The number of methoxy groups -OCH3 is 1. The van der Waals surface area contributed by atoms with Gasteiger partial charge in [-0.15, -0.1) is 11.8 Å². The maximum Gasteiger partial charge on any atom is 0.330 e. The second kappa shape index (κ2) is 6.26. The van der Waals surface area contributed by atoms with Crippen molar-refractivity contribution < 1.29 is 18.5 Å². The molecule has 0 saturated carbocycles. The second-order valence-corrected chi connectivity index (χ2v) is 8.20. The summed E-state index contributed by atoms with van der Waals surface area (Å²) in [4.78, 5) is 26.0. The van der Waals surface area contributed by atoms with Crippen molar-refractivity contribution in [3.8, 4) is 5.75 Å². The molecule has 0 aromatic heterocycles. The van der Waals surface area contributed by atoms with E-state index in [-0.39, 0.29) is 28.0 Å². The van der Waals surface area contributed by atoms with Crippen LogP contribution in [0.15, 0.2) is 30.3 Å². The van der Waals surface area contributed by atoms with Gasteiger partial charge in [0.25, 0.3) is 0 Å². The summed E-state index contributed by atoms with van der Waals surface area (Å²) < 4.78 is 13.0. The van der Waals surface area contributed by atoms with Crippen molar-refractivity contribution >= 4 is 35.9 Å². The Morgan fingerprint density at radius 2 is 2.04 bits per heavy atom. The van der Waals surface area contributed by atoms with Crippen molar-refractivity contribution in [2.45, 2.75) is 36.1 Å². The van der Waals surface area contributed by atoms with Gasteiger partial charge in [0.1, 0.15) is 35.4 Å². The topological polar surface area (TPSA) is 67.9 Å². The summed E-state index contributed by atoms with van der Waals surface area (Å²) in [7, 11) is 1.35. The normalized spacial score (nSPS) is 28.0. The van der Waals surface area contributed by atoms with E-state index in [4.69, 9.17) is 8.92 Å². The van der Waals surface area contributed by atoms with Crippen LogP contribution < -0.4 is 8.91 Å². The Labute approximate surface area is 143 Å². The first kappa shape index (κ1) is 16.5. The molecule has 0 aliphatic carbocycles. The molecule has 1 aromatic carbocycles. The largest absolute Gasteiger partial charge is 0.467 e. The first-order valence-corrected chi connectivity index (χ1v) is 8.80. The van der Waals surface area contributed by atoms with E-state index in [1.807, 2.05) is 44.2 Å². The molecular formula is C15H18N2O4S2. The summed E-state index contributed by atoms with van der Waals surface area (Å²) in [6.07, 6.45) is 0. The fourth-order valence-electron chi connectivity index (χ4n) is 2.81. The number of esters is 1. The maximum absolute atomic E-state index is 12.4. The van der Waals surface area contributed by atoms with Crippen molar-refractivity contribution in [2.24, 2.45) is 0 Å². The lowest BCUT2D eigenvalue weighted by Gasteiger charge is -2.43. The van der Waals surface area contributed by atoms with Crippen molar-refractivity contribution in [1.82, 2.24) is 9.62 Å². The summed E-state index contributed by atoms with van der Waals surface area (Å²) in [6, 6.07) is 8.41. The van der Waals surface area contributed by atoms with Gasteiger partial charge in [0, 0.05) is 4.75 Å². The zero-order valence-corrected chi connectivity index (χ0v) is 14.6. The zero-order chi connectivity index (χ0) is 16.6. The van der Waals surface area contributed by atoms with Crippen LogP contribution >= 0.6 is 24.0 Å². The van der Waals surface area contributed by atoms with Gasteiger partial charge in [-0.3, -0.25) is 4.79 Å². The number of ether oxygens (including phenoxy) is 1. The molecule has 3 atom stereocenters. The molecule has 2 saturated heterocycles. The lowest BCUT2D eigenvalue weighted by Crippen LogP contribution is -2.69. The Balaban J connectivity index is 1.60. The van der Waals surface area contributed by atoms with E-state index in [1.54, 1.807) is 16.7 Å². The smallest absolute Gasteiger partial charge is 0.330 e. The van der Waals surface area contributed by atoms with Crippen LogP contribution in [-0.4, -0.2) is 46.1 Å². The van der Waals surface area contributed by atoms with Crippen LogP contribution in [0.4, 0.5) is 0 Å². The van der Waals surface area contributed by atoms with E-state index in [1.165, 1.54) is 7.11 Å². The van der Waals surface area contributed by atoms with Crippen LogP contribution in [0, 0.1) is 0 Å². The number of β-lactam (4-membered cyclic amide) rings is 1. The first-order valence-electron chi connectivity index (χ1n) is 7.17. The lowest BCUT2D eigenvalue weighted by molar-refractivity contribution is -0.161. The Morgan fingerprint density at radius 3 is 2.70 bits per heavy atom. The molecule has 8 heteroatoms. The standard InChI is InChI=1S/C15H18N2O4S2/c1-15(2)11(14(19)20-3)17-12(18)10(13(17)22-15)16-23-21-9-7-5-4-6-8-9/h4-8,10-11,13,16H,1-3H3/t10?,11-,13+/m0/s1. The molecular weight excluding hydrogens is 336 g/mol. The van der Waals surface area contributed by atoms with Crippen molar-refractivity contribution in [2.75, 3.05) is 7.11 Å². The third-order valence-electron chi connectivity index (χ3n) is 3.92. The minimum Gasteiger partial charge on any atom is -0.467 e. The van der Waals surface area contributed by atoms with Crippen LogP contribution in [0.2, 0.25) is 0 Å². The fourth-order valence-corrected chi connectivity index (χ4v) is 5.11. The summed E-state index contributed by atoms with van der Waals surface area (Å²) in [5.74, 6) is 0.234. The highest BCUT2D eigenvalue weighted by molar-refractivity contribution is 8.01. The quantitative estimate of drug-likeness (QED) is 0.374. The number of hydrogen-bond acceptors (Lipinski definition) is 7. The number of thioether (sulfide) groups is 1. The van der Waals surface area contributed by atoms with Crippen LogP contribution in [0.5, 0.6) is 5.75 Å². The number of nitrogens with zero attached hydrogens (tertiary/aromatic N) is 1. The van der Waals surface area contributed by atoms with Crippen LogP contribution in [-0.2, 0) is 14.3 Å². The molecule has 1 aromatic rings. The highest BCUT2D eigenvalue weighted by Gasteiger charge is 2.64. The average molecular weight is 354 g/mol. The summed E-state index contributed by atoms with van der Waals surface area (Å²) >= 11 is 2.63. The molecule has 1 N–H and O–H groups in total. The number of carbonyl (C=O) groups excluding carboxylic acids is 2. The van der Waals surface area contributed by atoms with Crippen molar-refractivity contribution in [3.05, 3.63) is 30.3 Å². The Kier molecular flexibility index (Phi) is 4.48. The highest BCUT2D eigenvalue weighted by atomic mass is 32.2. The van der Waals surface area contributed by atoms with Gasteiger partial charge in [0.05, 0.1) is 7.11 Å². The number of rotatable bonds is 5. The summed E-state index contributed by atoms with van der Waals surface area (Å²) in [6.45, 7) is 3.91. The number of fused-ring (bicyclic) bond motifs is 1. The van der Waals surface area contributed by atoms with Crippen molar-refractivity contribution in [1.29, 1.82) is 0 Å². The third kappa shape index (κ3) is 2.90. The van der Waals surface area contributed by atoms with Crippen LogP contribution in [0.1, 0.15) is 13.8 Å². The van der Waals surface area contributed by atoms with E-state index in [0.717, 1.165) is 12.2 Å². The van der Waals surface area contributed by atoms with E-state index >= 15 is 0 Å². The van der Waals surface area contributed by atoms with E-state index in [0.29, 0.717) is 5.75 Å². The van der Waals surface area contributed by atoms with Crippen LogP contribution in [0.3, 0.4) is 0 Å². The summed E-state index contributed by atoms with van der Waals surface area (Å²) in [5, 5.41) is -0.0894. The summed E-state index contributed by atoms with van der Waals surface area (Å²) in [5.41, 5.74) is 0. The molecule has 1 unspecified atom stereocenters. The van der Waals surface area contributed by atoms with Gasteiger partial charge in [-0.1, -0.05) is 18.2 Å². The monoisotopic (exact) mass is 354 g/mol. The number of carbonyl (C=O) groups is 2. The molecule has 1 amide bonds. The number of para-hydroxylation sites is 1. The molecule has 0 spiro atoms. The molecule has 23 heavy (non-hydrogen) atoms. The first-order chi connectivity index (χ1) is 11.0. The van der Waals surface area contributed by atoms with Gasteiger partial charge in [0.2, 0.25) is 5.91 Å². The molecule has 2 aliphatic heterocycles. The molecule has 3 rings (SSSR count). The zero-order valence-electron chi connectivity index (χ0n) is 13.0. The number of nitrogens with one attached hydrogen (secondary N) is 1. The Morgan fingerprint density at radius 1 is 1.35 bits per heavy atom. The molecule has 0 radical (unpaired) electrons. The van der Waals surface area contributed by atoms with Crippen LogP contribution in [0.25, 0.3) is 0 Å². The molecule has 2 fully saturated rings. The number of benzene rings is 1. The fraction of sp³-hybridized carbons (Fsp3) is 0.467. The van der Waals surface area contributed by atoms with Gasteiger partial charge in [-0.2, -0.15) is 0 Å². The van der Waals surface area contributed by atoms with Gasteiger partial charge >= 0.3 is 5.97 Å². The minimum atomic E-state index is -0.548. The second-order valence-electron chi connectivity index (χ2n) is 5.86. The van der Waals surface area contributed by atoms with Gasteiger partial charge in [-0.05, 0) is 26.0 Å². The number of amides is 1. The predicted octanol–water partition coefficient (Wildman–Crippen LogP) is 1.82. The molecule has 6 nitrogen and oxygen atoms in total. The number of hydrogen-bond donors (Lipinski definition) is 1. The third-order valence-corrected chi connectivity index (χ3v) is 6.12. The highest BCUT2D eigenvalue weighted by Crippen LogP contribution is 2.51. The average Bonchev–Trinajstić information content (AvgIpc) is 2.80. The molecule has 2 aliphatic rings. The van der Waals surface area contributed by atoms with E-state index in [9.17, 15) is 9.59 Å². The molecule has 2 heterocycles. The predicted molar refractivity (Wildman–Crippen MR) is 89.7 cm³/mol. The lowest BCUT2D eigenvalue weighted by atomic mass is 9.96. The van der Waals surface area contributed by atoms with Gasteiger partial charge in [0.15, 0.2) is 0 Å². The maximum atomic E-state index is 12.4. The van der Waals surface area contributed by atoms with Gasteiger partial charge < -0.3 is 13.8 Å². The van der Waals surface area contributed by atoms with Gasteiger partial charge in [-0.25, -0.2) is 9.52 Å². The Hall–Kier alpha value is -1.38.